The van der Waals surface area contributed by atoms with E-state index in [1.54, 1.807) is 20.9 Å². The van der Waals surface area contributed by atoms with Crippen molar-refractivity contribution < 1.29 is 28.8 Å². The lowest BCUT2D eigenvalue weighted by Crippen LogP contribution is -2.57. The molecule has 0 saturated carbocycles. The second kappa shape index (κ2) is 13.4. The molecule has 0 aromatic heterocycles. The van der Waals surface area contributed by atoms with Gasteiger partial charge in [-0.15, -0.1) is 0 Å². The lowest BCUT2D eigenvalue weighted by Gasteiger charge is -2.30. The first kappa shape index (κ1) is 31.3. The van der Waals surface area contributed by atoms with Crippen molar-refractivity contribution in [3.05, 3.63) is 0 Å². The molecule has 40 heavy (non-hydrogen) atoms. The van der Waals surface area contributed by atoms with E-state index in [2.05, 4.69) is 26.6 Å². The van der Waals surface area contributed by atoms with Crippen LogP contribution < -0.4 is 26.6 Å². The standard InChI is InChI=1S/C27H45N7O6/c1-14-13-19(28-6)23(36)32-18(5)27(40)34-12-8-10-21(34)25(38)30-16(3)22(35)31-17(4)26(39)33-11-7-9-20(33)24(37)29-15(14)2/h14-21,28H,7-13H2,1-6H3,(H,29,37)(H,30,38)(H,31,35)(H,32,36). The molecule has 0 radical (unpaired) electrons. The van der Waals surface area contributed by atoms with Crippen LogP contribution >= 0.6 is 0 Å². The summed E-state index contributed by atoms with van der Waals surface area (Å²) in [6, 6.07) is -5.04. The summed E-state index contributed by atoms with van der Waals surface area (Å²) in [5.41, 5.74) is 0. The summed E-state index contributed by atoms with van der Waals surface area (Å²) >= 11 is 0. The molecule has 8 unspecified atom stereocenters. The quantitative estimate of drug-likeness (QED) is 0.262. The fraction of sp³-hybridized carbons (Fsp3) is 0.778. The number of fused-ring (bicyclic) bond motifs is 2. The van der Waals surface area contributed by atoms with E-state index in [1.807, 2.05) is 13.8 Å². The van der Waals surface area contributed by atoms with E-state index in [0.717, 1.165) is 0 Å². The molecule has 0 bridgehead atoms. The molecule has 5 N–H and O–H groups in total. The van der Waals surface area contributed by atoms with Crippen molar-refractivity contribution in [2.45, 2.75) is 109 Å². The summed E-state index contributed by atoms with van der Waals surface area (Å²) in [6.45, 7) is 9.21. The molecular weight excluding hydrogens is 518 g/mol. The van der Waals surface area contributed by atoms with Crippen molar-refractivity contribution in [1.29, 1.82) is 0 Å². The summed E-state index contributed by atoms with van der Waals surface area (Å²) in [5, 5.41) is 14.1. The number of nitrogens with zero attached hydrogens (tertiary/aromatic N) is 2. The van der Waals surface area contributed by atoms with Gasteiger partial charge in [-0.25, -0.2) is 0 Å². The van der Waals surface area contributed by atoms with Gasteiger partial charge in [0, 0.05) is 19.1 Å². The third kappa shape index (κ3) is 7.10. The number of hydrogen-bond acceptors (Lipinski definition) is 7. The predicted molar refractivity (Wildman–Crippen MR) is 147 cm³/mol. The van der Waals surface area contributed by atoms with E-state index in [-0.39, 0.29) is 35.6 Å². The zero-order chi connectivity index (χ0) is 29.7. The van der Waals surface area contributed by atoms with Crippen molar-refractivity contribution in [2.75, 3.05) is 20.1 Å². The lowest BCUT2D eigenvalue weighted by atomic mass is 9.94. The minimum Gasteiger partial charge on any atom is -0.352 e. The molecule has 3 heterocycles. The highest BCUT2D eigenvalue weighted by Crippen LogP contribution is 2.21. The Kier molecular flexibility index (Phi) is 10.5. The lowest BCUT2D eigenvalue weighted by molar-refractivity contribution is -0.142. The van der Waals surface area contributed by atoms with Gasteiger partial charge in [-0.05, 0) is 72.8 Å². The first-order valence-corrected chi connectivity index (χ1v) is 14.3. The Balaban J connectivity index is 1.86. The smallest absolute Gasteiger partial charge is 0.245 e. The van der Waals surface area contributed by atoms with Crippen molar-refractivity contribution >= 4 is 35.4 Å². The van der Waals surface area contributed by atoms with Crippen LogP contribution in [0.1, 0.15) is 66.7 Å². The first-order chi connectivity index (χ1) is 18.8. The Bertz CT molecular complexity index is 1010. The van der Waals surface area contributed by atoms with Crippen LogP contribution in [0.4, 0.5) is 0 Å². The third-order valence-electron chi connectivity index (χ3n) is 8.38. The number of carbonyl (C=O) groups excluding carboxylic acids is 6. The molecule has 0 spiro atoms. The van der Waals surface area contributed by atoms with Crippen molar-refractivity contribution in [3.8, 4) is 0 Å². The molecule has 224 valence electrons. The minimum absolute atomic E-state index is 0.107. The molecule has 13 heteroatoms. The highest BCUT2D eigenvalue weighted by Gasteiger charge is 2.40. The zero-order valence-electron chi connectivity index (χ0n) is 24.4. The molecule has 8 atom stereocenters. The van der Waals surface area contributed by atoms with Crippen LogP contribution in [-0.4, -0.2) is 108 Å². The molecule has 0 aliphatic carbocycles. The van der Waals surface area contributed by atoms with Gasteiger partial charge >= 0.3 is 0 Å². The molecule has 13 nitrogen and oxygen atoms in total. The molecule has 6 amide bonds. The van der Waals surface area contributed by atoms with Crippen LogP contribution in [0.25, 0.3) is 0 Å². The average molecular weight is 564 g/mol. The number of hydrogen-bond donors (Lipinski definition) is 5. The number of nitrogens with one attached hydrogen (secondary N) is 5. The van der Waals surface area contributed by atoms with Gasteiger partial charge in [-0.2, -0.15) is 0 Å². The molecule has 0 aromatic carbocycles. The molecule has 3 saturated heterocycles. The Morgan fingerprint density at radius 1 is 0.625 bits per heavy atom. The molecule has 3 aliphatic heterocycles. The number of carbonyl (C=O) groups is 6. The Morgan fingerprint density at radius 2 is 1.07 bits per heavy atom. The van der Waals surface area contributed by atoms with Crippen LogP contribution in [0.5, 0.6) is 0 Å². The maximum atomic E-state index is 13.2. The van der Waals surface area contributed by atoms with E-state index in [9.17, 15) is 28.8 Å². The highest BCUT2D eigenvalue weighted by atomic mass is 16.2. The fourth-order valence-electron chi connectivity index (χ4n) is 5.65. The van der Waals surface area contributed by atoms with Crippen LogP contribution in [0, 0.1) is 5.92 Å². The fourth-order valence-corrected chi connectivity index (χ4v) is 5.65. The van der Waals surface area contributed by atoms with Crippen molar-refractivity contribution in [3.63, 3.8) is 0 Å². The maximum absolute atomic E-state index is 13.2. The average Bonchev–Trinajstić information content (AvgIpc) is 3.60. The second-order valence-electron chi connectivity index (χ2n) is 11.4. The SMILES string of the molecule is CNC1CC(C)C(C)NC(=O)C2CCCN2C(=O)C(C)NC(=O)C(C)NC(=O)C2CCCN2C(=O)C(C)NC1=O. The molecular formula is C27H45N7O6. The minimum atomic E-state index is -0.956. The van der Waals surface area contributed by atoms with E-state index in [0.29, 0.717) is 45.2 Å². The monoisotopic (exact) mass is 563 g/mol. The summed E-state index contributed by atoms with van der Waals surface area (Å²) in [7, 11) is 1.66. The van der Waals surface area contributed by atoms with E-state index < -0.39 is 48.1 Å². The largest absolute Gasteiger partial charge is 0.352 e. The summed E-state index contributed by atoms with van der Waals surface area (Å²) in [5.74, 6) is -2.50. The molecule has 3 rings (SSSR count). The van der Waals surface area contributed by atoms with Crippen LogP contribution in [0.3, 0.4) is 0 Å². The van der Waals surface area contributed by atoms with Crippen molar-refractivity contribution in [1.82, 2.24) is 36.4 Å². The van der Waals surface area contributed by atoms with Crippen LogP contribution in [0.15, 0.2) is 0 Å². The first-order valence-electron chi connectivity index (χ1n) is 14.3. The van der Waals surface area contributed by atoms with Gasteiger partial charge < -0.3 is 36.4 Å². The molecule has 0 aromatic rings. The summed E-state index contributed by atoms with van der Waals surface area (Å²) in [4.78, 5) is 81.6. The van der Waals surface area contributed by atoms with E-state index in [1.165, 1.54) is 16.7 Å². The maximum Gasteiger partial charge on any atom is 0.245 e. The highest BCUT2D eigenvalue weighted by molar-refractivity contribution is 5.96. The van der Waals surface area contributed by atoms with E-state index >= 15 is 0 Å². The van der Waals surface area contributed by atoms with Crippen molar-refractivity contribution in [2.24, 2.45) is 5.92 Å². The van der Waals surface area contributed by atoms with Gasteiger partial charge in [-0.3, -0.25) is 28.8 Å². The number of amides is 6. The summed E-state index contributed by atoms with van der Waals surface area (Å²) < 4.78 is 0. The number of likely N-dealkylation sites (N-methyl/N-ethyl adjacent to an activating group) is 1. The Hall–Kier alpha value is -3.22. The topological polar surface area (TPSA) is 169 Å². The third-order valence-corrected chi connectivity index (χ3v) is 8.38. The Labute approximate surface area is 235 Å². The molecule has 3 fully saturated rings. The van der Waals surface area contributed by atoms with Gasteiger partial charge in [-0.1, -0.05) is 6.92 Å². The van der Waals surface area contributed by atoms with Crippen LogP contribution in [0.2, 0.25) is 0 Å². The van der Waals surface area contributed by atoms with Gasteiger partial charge in [0.15, 0.2) is 0 Å². The van der Waals surface area contributed by atoms with Gasteiger partial charge in [0.05, 0.1) is 6.04 Å². The van der Waals surface area contributed by atoms with Gasteiger partial charge in [0.2, 0.25) is 35.4 Å². The Morgan fingerprint density at radius 3 is 1.57 bits per heavy atom. The predicted octanol–water partition coefficient (Wildman–Crippen LogP) is -1.38. The molecule has 3 aliphatic rings. The second-order valence-corrected chi connectivity index (χ2v) is 11.4. The van der Waals surface area contributed by atoms with Crippen LogP contribution in [-0.2, 0) is 28.8 Å². The van der Waals surface area contributed by atoms with Gasteiger partial charge in [0.25, 0.3) is 0 Å². The van der Waals surface area contributed by atoms with E-state index in [4.69, 9.17) is 0 Å². The number of rotatable bonds is 1. The zero-order valence-corrected chi connectivity index (χ0v) is 24.4. The summed E-state index contributed by atoms with van der Waals surface area (Å²) in [6.07, 6.45) is 2.63. The normalized spacial score (nSPS) is 35.6. The van der Waals surface area contributed by atoms with Gasteiger partial charge in [0.1, 0.15) is 30.2 Å².